The standard InChI is InChI=1S/C16H26N2/c1-15(2)9-6-10-16(13-17,12-11-15)18-14-7-4-3-5-8-14/h3-5,7-8,18H,6,9-13,17H2,1-2H3. The second-order valence-corrected chi connectivity index (χ2v) is 6.49. The van der Waals surface area contributed by atoms with Crippen LogP contribution in [-0.4, -0.2) is 12.1 Å². The van der Waals surface area contributed by atoms with Crippen LogP contribution in [0, 0.1) is 5.41 Å². The fourth-order valence-electron chi connectivity index (χ4n) is 2.94. The van der Waals surface area contributed by atoms with Gasteiger partial charge in [0.2, 0.25) is 0 Å². The predicted molar refractivity (Wildman–Crippen MR) is 78.7 cm³/mol. The highest BCUT2D eigenvalue weighted by Crippen LogP contribution is 2.39. The molecular weight excluding hydrogens is 220 g/mol. The molecule has 0 amide bonds. The zero-order valence-electron chi connectivity index (χ0n) is 11.7. The van der Waals surface area contributed by atoms with Gasteiger partial charge in [0.15, 0.2) is 0 Å². The van der Waals surface area contributed by atoms with E-state index in [4.69, 9.17) is 5.73 Å². The lowest BCUT2D eigenvalue weighted by Crippen LogP contribution is -2.45. The van der Waals surface area contributed by atoms with Crippen molar-refractivity contribution < 1.29 is 0 Å². The lowest BCUT2D eigenvalue weighted by Gasteiger charge is -2.34. The number of hydrogen-bond donors (Lipinski definition) is 2. The van der Waals surface area contributed by atoms with Crippen LogP contribution in [0.2, 0.25) is 0 Å². The van der Waals surface area contributed by atoms with E-state index in [9.17, 15) is 0 Å². The Morgan fingerprint density at radius 3 is 2.44 bits per heavy atom. The smallest absolute Gasteiger partial charge is 0.0495 e. The molecule has 1 aliphatic carbocycles. The molecular formula is C16H26N2. The molecule has 0 bridgehead atoms. The Bertz CT molecular complexity index is 372. The van der Waals surface area contributed by atoms with E-state index in [0.717, 1.165) is 6.54 Å². The van der Waals surface area contributed by atoms with Crippen molar-refractivity contribution in [1.29, 1.82) is 0 Å². The Morgan fingerprint density at radius 1 is 1.06 bits per heavy atom. The molecule has 0 saturated heterocycles. The van der Waals surface area contributed by atoms with Crippen LogP contribution in [0.1, 0.15) is 46.0 Å². The van der Waals surface area contributed by atoms with E-state index >= 15 is 0 Å². The zero-order valence-corrected chi connectivity index (χ0v) is 11.7. The second-order valence-electron chi connectivity index (χ2n) is 6.49. The van der Waals surface area contributed by atoms with E-state index < -0.39 is 0 Å². The van der Waals surface area contributed by atoms with Gasteiger partial charge in [0.25, 0.3) is 0 Å². The predicted octanol–water partition coefficient (Wildman–Crippen LogP) is 3.79. The van der Waals surface area contributed by atoms with Gasteiger partial charge in [0.1, 0.15) is 0 Å². The van der Waals surface area contributed by atoms with Gasteiger partial charge in [0.05, 0.1) is 0 Å². The third kappa shape index (κ3) is 3.26. The van der Waals surface area contributed by atoms with Crippen LogP contribution in [0.3, 0.4) is 0 Å². The summed E-state index contributed by atoms with van der Waals surface area (Å²) in [5.41, 5.74) is 7.84. The minimum atomic E-state index is 0.0924. The van der Waals surface area contributed by atoms with Gasteiger partial charge in [-0.05, 0) is 43.2 Å². The molecule has 1 unspecified atom stereocenters. The lowest BCUT2D eigenvalue weighted by molar-refractivity contribution is 0.305. The van der Waals surface area contributed by atoms with Crippen molar-refractivity contribution >= 4 is 5.69 Å². The van der Waals surface area contributed by atoms with Crippen molar-refractivity contribution in [3.8, 4) is 0 Å². The zero-order chi connectivity index (χ0) is 13.1. The molecule has 2 heteroatoms. The van der Waals surface area contributed by atoms with E-state index in [1.807, 2.05) is 0 Å². The first kappa shape index (κ1) is 13.4. The van der Waals surface area contributed by atoms with E-state index in [2.05, 4.69) is 49.5 Å². The Kier molecular flexibility index (Phi) is 3.96. The Hall–Kier alpha value is -1.02. The molecule has 100 valence electrons. The maximum absolute atomic E-state index is 6.08. The molecule has 0 aromatic heterocycles. The number of anilines is 1. The first-order valence-electron chi connectivity index (χ1n) is 7.09. The van der Waals surface area contributed by atoms with Crippen LogP contribution in [0.5, 0.6) is 0 Å². The number of benzene rings is 1. The minimum absolute atomic E-state index is 0.0924. The van der Waals surface area contributed by atoms with Crippen LogP contribution in [-0.2, 0) is 0 Å². The first-order chi connectivity index (χ1) is 8.55. The van der Waals surface area contributed by atoms with Gasteiger partial charge in [-0.25, -0.2) is 0 Å². The summed E-state index contributed by atoms with van der Waals surface area (Å²) in [6.45, 7) is 5.47. The highest BCUT2D eigenvalue weighted by molar-refractivity contribution is 5.45. The van der Waals surface area contributed by atoms with Gasteiger partial charge < -0.3 is 11.1 Å². The summed E-state index contributed by atoms with van der Waals surface area (Å²) in [6.07, 6.45) is 6.19. The number of nitrogens with two attached hydrogens (primary N) is 1. The molecule has 1 aromatic carbocycles. The van der Waals surface area contributed by atoms with Gasteiger partial charge in [-0.2, -0.15) is 0 Å². The molecule has 0 heterocycles. The third-order valence-electron chi connectivity index (χ3n) is 4.36. The summed E-state index contributed by atoms with van der Waals surface area (Å²) in [7, 11) is 0. The highest BCUT2D eigenvalue weighted by Gasteiger charge is 2.34. The van der Waals surface area contributed by atoms with Crippen LogP contribution in [0.15, 0.2) is 30.3 Å². The van der Waals surface area contributed by atoms with Crippen molar-refractivity contribution in [3.05, 3.63) is 30.3 Å². The van der Waals surface area contributed by atoms with E-state index in [-0.39, 0.29) is 5.54 Å². The molecule has 0 radical (unpaired) electrons. The van der Waals surface area contributed by atoms with Crippen molar-refractivity contribution in [2.24, 2.45) is 11.1 Å². The van der Waals surface area contributed by atoms with Crippen LogP contribution < -0.4 is 11.1 Å². The third-order valence-corrected chi connectivity index (χ3v) is 4.36. The first-order valence-corrected chi connectivity index (χ1v) is 7.09. The van der Waals surface area contributed by atoms with E-state index in [0.29, 0.717) is 5.41 Å². The van der Waals surface area contributed by atoms with Gasteiger partial charge in [-0.3, -0.25) is 0 Å². The molecule has 2 nitrogen and oxygen atoms in total. The summed E-state index contributed by atoms with van der Waals surface area (Å²) < 4.78 is 0. The largest absolute Gasteiger partial charge is 0.378 e. The van der Waals surface area contributed by atoms with Gasteiger partial charge in [-0.15, -0.1) is 0 Å². The Morgan fingerprint density at radius 2 is 1.78 bits per heavy atom. The number of nitrogens with one attached hydrogen (secondary N) is 1. The van der Waals surface area contributed by atoms with Gasteiger partial charge in [0, 0.05) is 17.8 Å². The second kappa shape index (κ2) is 5.31. The van der Waals surface area contributed by atoms with Crippen molar-refractivity contribution in [2.75, 3.05) is 11.9 Å². The average molecular weight is 246 g/mol. The Balaban J connectivity index is 2.11. The molecule has 1 aliphatic rings. The SMILES string of the molecule is CC1(C)CCCC(CN)(Nc2ccccc2)CC1. The maximum Gasteiger partial charge on any atom is 0.0495 e. The molecule has 1 saturated carbocycles. The van der Waals surface area contributed by atoms with Crippen LogP contribution in [0.4, 0.5) is 5.69 Å². The highest BCUT2D eigenvalue weighted by atomic mass is 15.0. The minimum Gasteiger partial charge on any atom is -0.378 e. The van der Waals surface area contributed by atoms with Crippen molar-refractivity contribution in [3.63, 3.8) is 0 Å². The topological polar surface area (TPSA) is 38.0 Å². The lowest BCUT2D eigenvalue weighted by atomic mass is 9.83. The quantitative estimate of drug-likeness (QED) is 0.796. The average Bonchev–Trinajstić information content (AvgIpc) is 2.51. The van der Waals surface area contributed by atoms with Crippen LogP contribution >= 0.6 is 0 Å². The fourth-order valence-corrected chi connectivity index (χ4v) is 2.94. The molecule has 18 heavy (non-hydrogen) atoms. The summed E-state index contributed by atoms with van der Waals surface area (Å²) >= 11 is 0. The summed E-state index contributed by atoms with van der Waals surface area (Å²) in [5.74, 6) is 0. The van der Waals surface area contributed by atoms with E-state index in [1.54, 1.807) is 0 Å². The molecule has 1 aromatic rings. The molecule has 1 atom stereocenters. The number of para-hydroxylation sites is 1. The van der Waals surface area contributed by atoms with Gasteiger partial charge in [-0.1, -0.05) is 38.5 Å². The van der Waals surface area contributed by atoms with Crippen molar-refractivity contribution in [1.82, 2.24) is 0 Å². The molecule has 0 aliphatic heterocycles. The maximum atomic E-state index is 6.08. The van der Waals surface area contributed by atoms with Crippen molar-refractivity contribution in [2.45, 2.75) is 51.5 Å². The Labute approximate surface area is 111 Å². The molecule has 2 rings (SSSR count). The molecule has 3 N–H and O–H groups in total. The fraction of sp³-hybridized carbons (Fsp3) is 0.625. The summed E-state index contributed by atoms with van der Waals surface area (Å²) in [5, 5.41) is 3.70. The number of hydrogen-bond acceptors (Lipinski definition) is 2. The normalized spacial score (nSPS) is 27.5. The van der Waals surface area contributed by atoms with Gasteiger partial charge >= 0.3 is 0 Å². The number of rotatable bonds is 3. The summed E-state index contributed by atoms with van der Waals surface area (Å²) in [4.78, 5) is 0. The molecule has 0 spiro atoms. The van der Waals surface area contributed by atoms with Crippen LogP contribution in [0.25, 0.3) is 0 Å². The van der Waals surface area contributed by atoms with E-state index in [1.165, 1.54) is 37.8 Å². The monoisotopic (exact) mass is 246 g/mol. The summed E-state index contributed by atoms with van der Waals surface area (Å²) in [6, 6.07) is 10.5. The molecule has 1 fully saturated rings.